The van der Waals surface area contributed by atoms with Crippen LogP contribution in [0.2, 0.25) is 5.02 Å². The first-order valence-corrected chi connectivity index (χ1v) is 11.0. The molecule has 0 aromatic heterocycles. The Bertz CT molecular complexity index is 701. The Hall–Kier alpha value is -1.59. The highest BCUT2D eigenvalue weighted by molar-refractivity contribution is 6.34. The second-order valence-electron chi connectivity index (χ2n) is 8.45. The summed E-state index contributed by atoms with van der Waals surface area (Å²) in [6.07, 6.45) is 8.54. The van der Waals surface area contributed by atoms with E-state index in [-0.39, 0.29) is 23.7 Å². The zero-order valence-corrected chi connectivity index (χ0v) is 17.7. The van der Waals surface area contributed by atoms with Crippen molar-refractivity contribution in [2.75, 3.05) is 23.7 Å². The van der Waals surface area contributed by atoms with Crippen LogP contribution in [0.15, 0.2) is 18.2 Å². The molecule has 0 spiro atoms. The summed E-state index contributed by atoms with van der Waals surface area (Å²) in [5, 5.41) is 6.25. The minimum absolute atomic E-state index is 0.0229. The van der Waals surface area contributed by atoms with Crippen molar-refractivity contribution in [3.8, 4) is 0 Å². The Morgan fingerprint density at radius 3 is 2.50 bits per heavy atom. The summed E-state index contributed by atoms with van der Waals surface area (Å²) in [7, 11) is 0. The van der Waals surface area contributed by atoms with Crippen molar-refractivity contribution in [2.45, 2.75) is 64.8 Å². The first kappa shape index (κ1) is 21.1. The Morgan fingerprint density at radius 2 is 1.82 bits per heavy atom. The number of anilines is 2. The van der Waals surface area contributed by atoms with Crippen molar-refractivity contribution in [2.24, 2.45) is 11.8 Å². The van der Waals surface area contributed by atoms with Crippen molar-refractivity contribution in [1.82, 2.24) is 4.90 Å². The smallest absolute Gasteiger partial charge is 0.228 e. The minimum Gasteiger partial charge on any atom is -0.326 e. The number of carbonyl (C=O) groups is 2. The van der Waals surface area contributed by atoms with Crippen LogP contribution < -0.4 is 10.6 Å². The fourth-order valence-corrected chi connectivity index (χ4v) is 4.44. The maximum atomic E-state index is 12.8. The van der Waals surface area contributed by atoms with Gasteiger partial charge in [-0.2, -0.15) is 0 Å². The highest BCUT2D eigenvalue weighted by atomic mass is 35.5. The molecule has 0 bridgehead atoms. The van der Waals surface area contributed by atoms with Crippen LogP contribution in [0.3, 0.4) is 0 Å². The molecular weight excluding hydrogens is 374 g/mol. The number of nitrogens with zero attached hydrogens (tertiary/aromatic N) is 1. The fraction of sp³-hybridized carbons (Fsp3) is 0.636. The third kappa shape index (κ3) is 5.48. The average Bonchev–Trinajstić information content (AvgIpc) is 2.70. The lowest BCUT2D eigenvalue weighted by Crippen LogP contribution is -2.46. The summed E-state index contributed by atoms with van der Waals surface area (Å²) in [6.45, 7) is 5.63. The molecule has 6 heteroatoms. The predicted octanol–water partition coefficient (Wildman–Crippen LogP) is 4.92. The van der Waals surface area contributed by atoms with E-state index in [1.165, 1.54) is 32.1 Å². The molecule has 1 aliphatic heterocycles. The van der Waals surface area contributed by atoms with Crippen LogP contribution in [0.1, 0.15) is 58.8 Å². The van der Waals surface area contributed by atoms with Crippen molar-refractivity contribution in [3.63, 3.8) is 0 Å². The summed E-state index contributed by atoms with van der Waals surface area (Å²) in [5.41, 5.74) is 1.24. The molecule has 1 aromatic rings. The van der Waals surface area contributed by atoms with E-state index in [1.54, 1.807) is 18.2 Å². The van der Waals surface area contributed by atoms with Gasteiger partial charge < -0.3 is 10.6 Å². The number of benzene rings is 1. The van der Waals surface area contributed by atoms with E-state index in [0.29, 0.717) is 22.4 Å². The molecule has 28 heavy (non-hydrogen) atoms. The average molecular weight is 406 g/mol. The standard InChI is InChI=1S/C22H32ClN3O2/c1-15(2)21(27)25-20-11-10-17(13-19(20)23)24-22(28)16-7-6-12-26(14-16)18-8-4-3-5-9-18/h10-11,13,15-16,18H,3-9,12,14H2,1-2H3,(H,24,28)(H,25,27). The summed E-state index contributed by atoms with van der Waals surface area (Å²) < 4.78 is 0. The zero-order chi connectivity index (χ0) is 20.1. The van der Waals surface area contributed by atoms with Gasteiger partial charge in [0.15, 0.2) is 0 Å². The molecule has 1 aromatic carbocycles. The van der Waals surface area contributed by atoms with Gasteiger partial charge in [-0.15, -0.1) is 0 Å². The highest BCUT2D eigenvalue weighted by Gasteiger charge is 2.30. The molecule has 5 nitrogen and oxygen atoms in total. The maximum Gasteiger partial charge on any atom is 0.228 e. The van der Waals surface area contributed by atoms with Crippen molar-refractivity contribution in [1.29, 1.82) is 0 Å². The van der Waals surface area contributed by atoms with Gasteiger partial charge in [-0.3, -0.25) is 14.5 Å². The van der Waals surface area contributed by atoms with Gasteiger partial charge in [0.1, 0.15) is 0 Å². The van der Waals surface area contributed by atoms with Crippen molar-refractivity contribution in [3.05, 3.63) is 23.2 Å². The molecule has 154 valence electrons. The van der Waals surface area contributed by atoms with Crippen LogP contribution in [0.25, 0.3) is 0 Å². The Kier molecular flexibility index (Phi) is 7.36. The molecule has 1 unspecified atom stereocenters. The van der Waals surface area contributed by atoms with Gasteiger partial charge in [-0.1, -0.05) is 44.7 Å². The van der Waals surface area contributed by atoms with Crippen LogP contribution in [0, 0.1) is 11.8 Å². The second-order valence-corrected chi connectivity index (χ2v) is 8.86. The summed E-state index contributed by atoms with van der Waals surface area (Å²) >= 11 is 6.30. The van der Waals surface area contributed by atoms with E-state index < -0.39 is 0 Å². The molecule has 1 heterocycles. The third-order valence-electron chi connectivity index (χ3n) is 5.93. The number of halogens is 1. The lowest BCUT2D eigenvalue weighted by molar-refractivity contribution is -0.122. The number of hydrogen-bond acceptors (Lipinski definition) is 3. The Labute approximate surface area is 173 Å². The Balaban J connectivity index is 1.57. The number of piperidine rings is 1. The topological polar surface area (TPSA) is 61.4 Å². The molecule has 1 saturated carbocycles. The summed E-state index contributed by atoms with van der Waals surface area (Å²) in [6, 6.07) is 5.90. The second kappa shape index (κ2) is 9.75. The lowest BCUT2D eigenvalue weighted by atomic mass is 9.90. The third-order valence-corrected chi connectivity index (χ3v) is 6.25. The van der Waals surface area contributed by atoms with E-state index in [1.807, 2.05) is 13.8 Å². The molecular formula is C22H32ClN3O2. The molecule has 2 fully saturated rings. The van der Waals surface area contributed by atoms with Gasteiger partial charge in [0.25, 0.3) is 0 Å². The van der Waals surface area contributed by atoms with Crippen LogP contribution in [0.4, 0.5) is 11.4 Å². The number of amides is 2. The first-order valence-electron chi connectivity index (χ1n) is 10.6. The van der Waals surface area contributed by atoms with Crippen molar-refractivity contribution >= 4 is 34.8 Å². The van der Waals surface area contributed by atoms with Crippen LogP contribution in [0.5, 0.6) is 0 Å². The molecule has 1 atom stereocenters. The quantitative estimate of drug-likeness (QED) is 0.730. The summed E-state index contributed by atoms with van der Waals surface area (Å²) in [5.74, 6) is -0.108. The van der Waals surface area contributed by atoms with Gasteiger partial charge in [0.05, 0.1) is 16.6 Å². The van der Waals surface area contributed by atoms with E-state index >= 15 is 0 Å². The first-order chi connectivity index (χ1) is 13.4. The number of carbonyl (C=O) groups excluding carboxylic acids is 2. The minimum atomic E-state index is -0.117. The van der Waals surface area contributed by atoms with Gasteiger partial charge in [0.2, 0.25) is 11.8 Å². The van der Waals surface area contributed by atoms with E-state index in [9.17, 15) is 9.59 Å². The molecule has 0 radical (unpaired) electrons. The maximum absolute atomic E-state index is 12.8. The molecule has 1 aliphatic carbocycles. The van der Waals surface area contributed by atoms with Gasteiger partial charge in [-0.25, -0.2) is 0 Å². The zero-order valence-electron chi connectivity index (χ0n) is 17.0. The molecule has 1 saturated heterocycles. The Morgan fingerprint density at radius 1 is 1.07 bits per heavy atom. The normalized spacial score (nSPS) is 21.5. The monoisotopic (exact) mass is 405 g/mol. The number of likely N-dealkylation sites (tertiary alicyclic amines) is 1. The number of nitrogens with one attached hydrogen (secondary N) is 2. The largest absolute Gasteiger partial charge is 0.326 e. The van der Waals surface area contributed by atoms with E-state index in [4.69, 9.17) is 11.6 Å². The molecule has 2 amide bonds. The number of rotatable bonds is 5. The molecule has 2 aliphatic rings. The van der Waals surface area contributed by atoms with Crippen molar-refractivity contribution < 1.29 is 9.59 Å². The van der Waals surface area contributed by atoms with Gasteiger partial charge in [0, 0.05) is 24.2 Å². The lowest BCUT2D eigenvalue weighted by Gasteiger charge is -2.39. The van der Waals surface area contributed by atoms with Crippen LogP contribution in [-0.4, -0.2) is 35.8 Å². The van der Waals surface area contributed by atoms with Gasteiger partial charge >= 0.3 is 0 Å². The van der Waals surface area contributed by atoms with E-state index in [0.717, 1.165) is 25.9 Å². The molecule has 3 rings (SSSR count). The summed E-state index contributed by atoms with van der Waals surface area (Å²) in [4.78, 5) is 27.2. The highest BCUT2D eigenvalue weighted by Crippen LogP contribution is 2.29. The fourth-order valence-electron chi connectivity index (χ4n) is 4.21. The van der Waals surface area contributed by atoms with Crippen LogP contribution in [-0.2, 0) is 9.59 Å². The molecule has 2 N–H and O–H groups in total. The SMILES string of the molecule is CC(C)C(=O)Nc1ccc(NC(=O)C2CCCN(C3CCCCC3)C2)cc1Cl. The predicted molar refractivity (Wildman–Crippen MR) is 115 cm³/mol. The van der Waals surface area contributed by atoms with Gasteiger partial charge in [-0.05, 0) is 50.4 Å². The number of hydrogen-bond donors (Lipinski definition) is 2. The van der Waals surface area contributed by atoms with E-state index in [2.05, 4.69) is 15.5 Å². The van der Waals surface area contributed by atoms with Crippen LogP contribution >= 0.6 is 11.6 Å².